The van der Waals surface area contributed by atoms with Crippen molar-refractivity contribution in [3.8, 4) is 0 Å². The van der Waals surface area contributed by atoms with Crippen LogP contribution in [0, 0.1) is 5.92 Å². The molecule has 0 fully saturated rings. The Morgan fingerprint density at radius 2 is 1.19 bits per heavy atom. The van der Waals surface area contributed by atoms with E-state index in [1.54, 1.807) is 0 Å². The van der Waals surface area contributed by atoms with Gasteiger partial charge in [-0.15, -0.1) is 0 Å². The predicted octanol–water partition coefficient (Wildman–Crippen LogP) is 6.58. The first-order valence-electron chi connectivity index (χ1n) is 9.38. The molecule has 0 heterocycles. The normalized spacial score (nSPS) is 12.5. The quantitative estimate of drug-likeness (QED) is 0.327. The van der Waals surface area contributed by atoms with E-state index in [9.17, 15) is 4.79 Å². The fraction of sp³-hybridized carbons (Fsp3) is 0.947. The van der Waals surface area contributed by atoms with Gasteiger partial charge in [0, 0.05) is 6.42 Å². The molecule has 0 aromatic rings. The monoisotopic (exact) mass is 298 g/mol. The zero-order valence-corrected chi connectivity index (χ0v) is 14.5. The number of unbranched alkanes of at least 4 members (excludes halogenated alkanes) is 10. The lowest BCUT2D eigenvalue weighted by atomic mass is 9.96. The Kier molecular flexibility index (Phi) is 15.5. The van der Waals surface area contributed by atoms with E-state index < -0.39 is 5.97 Å². The van der Waals surface area contributed by atoms with Crippen LogP contribution in [0.25, 0.3) is 0 Å². The van der Waals surface area contributed by atoms with E-state index >= 15 is 0 Å². The Bertz CT molecular complexity index is 226. The molecule has 1 atom stereocenters. The molecule has 0 unspecified atom stereocenters. The van der Waals surface area contributed by atoms with Gasteiger partial charge in [-0.1, -0.05) is 97.3 Å². The minimum Gasteiger partial charge on any atom is -0.481 e. The van der Waals surface area contributed by atoms with Gasteiger partial charge in [-0.2, -0.15) is 0 Å². The van der Waals surface area contributed by atoms with Gasteiger partial charge in [0.25, 0.3) is 0 Å². The number of carboxylic acids is 1. The number of aliphatic carboxylic acids is 1. The molecule has 0 rings (SSSR count). The smallest absolute Gasteiger partial charge is 0.303 e. The summed E-state index contributed by atoms with van der Waals surface area (Å²) in [4.78, 5) is 10.4. The van der Waals surface area contributed by atoms with Gasteiger partial charge in [0.05, 0.1) is 0 Å². The first kappa shape index (κ1) is 20.5. The third-order valence-corrected chi connectivity index (χ3v) is 4.39. The lowest BCUT2D eigenvalue weighted by molar-refractivity contribution is -0.137. The summed E-state index contributed by atoms with van der Waals surface area (Å²) in [5.41, 5.74) is 0. The molecule has 0 aliphatic rings. The second-order valence-corrected chi connectivity index (χ2v) is 6.72. The van der Waals surface area contributed by atoms with E-state index in [1.165, 1.54) is 77.0 Å². The molecular formula is C19H38O2. The Balaban J connectivity index is 3.15. The summed E-state index contributed by atoms with van der Waals surface area (Å²) in [7, 11) is 0. The average molecular weight is 299 g/mol. The van der Waals surface area contributed by atoms with Gasteiger partial charge < -0.3 is 5.11 Å². The molecule has 0 bridgehead atoms. The largest absolute Gasteiger partial charge is 0.481 e. The van der Waals surface area contributed by atoms with E-state index in [2.05, 4.69) is 13.8 Å². The fourth-order valence-corrected chi connectivity index (χ4v) is 2.89. The Morgan fingerprint density at radius 1 is 0.762 bits per heavy atom. The summed E-state index contributed by atoms with van der Waals surface area (Å²) in [5.74, 6) is 0.238. The number of carboxylic acid groups (broad SMARTS) is 1. The SMILES string of the molecule is CCCCCCCC[C@H](C)CCCCCCCCC(=O)O. The molecule has 2 nitrogen and oxygen atoms in total. The maximum Gasteiger partial charge on any atom is 0.303 e. The van der Waals surface area contributed by atoms with Crippen molar-refractivity contribution in [1.82, 2.24) is 0 Å². The highest BCUT2D eigenvalue weighted by atomic mass is 16.4. The Hall–Kier alpha value is -0.530. The third kappa shape index (κ3) is 17.4. The number of hydrogen-bond acceptors (Lipinski definition) is 1. The number of rotatable bonds is 16. The van der Waals surface area contributed by atoms with Crippen LogP contribution in [-0.4, -0.2) is 11.1 Å². The van der Waals surface area contributed by atoms with Crippen molar-refractivity contribution in [3.63, 3.8) is 0 Å². The van der Waals surface area contributed by atoms with Crippen molar-refractivity contribution in [2.45, 2.75) is 110 Å². The molecule has 0 aliphatic heterocycles. The molecule has 0 saturated carbocycles. The van der Waals surface area contributed by atoms with Gasteiger partial charge in [-0.05, 0) is 12.3 Å². The average Bonchev–Trinajstić information content (AvgIpc) is 2.45. The molecule has 126 valence electrons. The van der Waals surface area contributed by atoms with Gasteiger partial charge in [0.15, 0.2) is 0 Å². The van der Waals surface area contributed by atoms with E-state index in [0.29, 0.717) is 6.42 Å². The molecule has 0 radical (unpaired) electrons. The summed E-state index contributed by atoms with van der Waals surface area (Å²) < 4.78 is 0. The van der Waals surface area contributed by atoms with Crippen LogP contribution in [0.3, 0.4) is 0 Å². The van der Waals surface area contributed by atoms with Crippen molar-refractivity contribution in [1.29, 1.82) is 0 Å². The molecule has 2 heteroatoms. The molecule has 0 spiro atoms. The van der Waals surface area contributed by atoms with E-state index in [-0.39, 0.29) is 0 Å². The van der Waals surface area contributed by atoms with Crippen LogP contribution in [0.1, 0.15) is 110 Å². The van der Waals surface area contributed by atoms with Crippen molar-refractivity contribution in [2.75, 3.05) is 0 Å². The lowest BCUT2D eigenvalue weighted by Crippen LogP contribution is -1.95. The summed E-state index contributed by atoms with van der Waals surface area (Å²) in [6, 6.07) is 0. The Morgan fingerprint density at radius 3 is 1.67 bits per heavy atom. The summed E-state index contributed by atoms with van der Waals surface area (Å²) in [6.45, 7) is 4.67. The standard InChI is InChI=1S/C19H38O2/c1-3-4-5-6-9-12-15-18(2)16-13-10-7-8-11-14-17-19(20)21/h18H,3-17H2,1-2H3,(H,20,21)/t18-/m0/s1. The van der Waals surface area contributed by atoms with E-state index in [1.807, 2.05) is 0 Å². The molecule has 0 amide bonds. The van der Waals surface area contributed by atoms with Gasteiger partial charge in [0.1, 0.15) is 0 Å². The van der Waals surface area contributed by atoms with Crippen LogP contribution < -0.4 is 0 Å². The Labute approximate surface area is 132 Å². The second kappa shape index (κ2) is 15.9. The van der Waals surface area contributed by atoms with Crippen LogP contribution in [0.15, 0.2) is 0 Å². The maximum atomic E-state index is 10.4. The van der Waals surface area contributed by atoms with Gasteiger partial charge in [-0.3, -0.25) is 4.79 Å². The van der Waals surface area contributed by atoms with Gasteiger partial charge in [0.2, 0.25) is 0 Å². The van der Waals surface area contributed by atoms with Crippen LogP contribution in [0.2, 0.25) is 0 Å². The van der Waals surface area contributed by atoms with Crippen molar-refractivity contribution in [2.24, 2.45) is 5.92 Å². The topological polar surface area (TPSA) is 37.3 Å². The first-order valence-corrected chi connectivity index (χ1v) is 9.38. The zero-order chi connectivity index (χ0) is 15.8. The summed E-state index contributed by atoms with van der Waals surface area (Å²) in [5, 5.41) is 8.55. The summed E-state index contributed by atoms with van der Waals surface area (Å²) >= 11 is 0. The summed E-state index contributed by atoms with van der Waals surface area (Å²) in [6.07, 6.45) is 18.7. The minimum atomic E-state index is -0.654. The maximum absolute atomic E-state index is 10.4. The third-order valence-electron chi connectivity index (χ3n) is 4.39. The highest BCUT2D eigenvalue weighted by Crippen LogP contribution is 2.18. The lowest BCUT2D eigenvalue weighted by Gasteiger charge is -2.11. The molecule has 1 N–H and O–H groups in total. The van der Waals surface area contributed by atoms with Crippen molar-refractivity contribution in [3.05, 3.63) is 0 Å². The van der Waals surface area contributed by atoms with E-state index in [4.69, 9.17) is 5.11 Å². The number of hydrogen-bond donors (Lipinski definition) is 1. The van der Waals surface area contributed by atoms with E-state index in [0.717, 1.165) is 18.8 Å². The molecular weight excluding hydrogens is 260 g/mol. The van der Waals surface area contributed by atoms with Crippen molar-refractivity contribution < 1.29 is 9.90 Å². The van der Waals surface area contributed by atoms with Crippen LogP contribution >= 0.6 is 0 Å². The second-order valence-electron chi connectivity index (χ2n) is 6.72. The fourth-order valence-electron chi connectivity index (χ4n) is 2.89. The molecule has 0 aromatic carbocycles. The molecule has 0 aromatic heterocycles. The van der Waals surface area contributed by atoms with Gasteiger partial charge in [-0.25, -0.2) is 0 Å². The predicted molar refractivity (Wildman–Crippen MR) is 91.7 cm³/mol. The molecule has 21 heavy (non-hydrogen) atoms. The van der Waals surface area contributed by atoms with Crippen LogP contribution in [-0.2, 0) is 4.79 Å². The highest BCUT2D eigenvalue weighted by molar-refractivity contribution is 5.66. The number of carbonyl (C=O) groups is 1. The highest BCUT2D eigenvalue weighted by Gasteiger charge is 2.02. The first-order chi connectivity index (χ1) is 10.2. The van der Waals surface area contributed by atoms with Crippen LogP contribution in [0.5, 0.6) is 0 Å². The van der Waals surface area contributed by atoms with Crippen molar-refractivity contribution >= 4 is 5.97 Å². The molecule has 0 saturated heterocycles. The minimum absolute atomic E-state index is 0.343. The zero-order valence-electron chi connectivity index (χ0n) is 14.5. The van der Waals surface area contributed by atoms with Gasteiger partial charge >= 0.3 is 5.97 Å². The molecule has 0 aliphatic carbocycles. The van der Waals surface area contributed by atoms with Crippen LogP contribution in [0.4, 0.5) is 0 Å².